The van der Waals surface area contributed by atoms with E-state index in [1.807, 2.05) is 49.2 Å². The number of carbonyl (C=O) groups excluding carboxylic acids is 3. The second kappa shape index (κ2) is 13.9. The summed E-state index contributed by atoms with van der Waals surface area (Å²) in [5, 5.41) is 9.78. The highest BCUT2D eigenvalue weighted by Crippen LogP contribution is 2.27. The first-order chi connectivity index (χ1) is 19.8. The number of hydrazine groups is 1. The molecule has 1 aliphatic heterocycles. The Morgan fingerprint density at radius 1 is 1.05 bits per heavy atom. The van der Waals surface area contributed by atoms with Crippen molar-refractivity contribution < 1.29 is 19.1 Å². The molecule has 3 aromatic rings. The molecule has 0 bridgehead atoms. The van der Waals surface area contributed by atoms with Crippen LogP contribution in [0, 0.1) is 6.92 Å². The number of carbonyl (C=O) groups is 3. The average Bonchev–Trinajstić information content (AvgIpc) is 3.63. The third-order valence-electron chi connectivity index (χ3n) is 7.02. The van der Waals surface area contributed by atoms with Gasteiger partial charge in [-0.2, -0.15) is 0 Å². The molecule has 0 radical (unpaired) electrons. The van der Waals surface area contributed by atoms with Gasteiger partial charge >= 0.3 is 5.97 Å². The number of amides is 2. The minimum Gasteiger partial charge on any atom is -0.461 e. The zero-order valence-electron chi connectivity index (χ0n) is 24.2. The van der Waals surface area contributed by atoms with Crippen LogP contribution in [-0.4, -0.2) is 84.1 Å². The van der Waals surface area contributed by atoms with Crippen LogP contribution in [0.4, 0.5) is 5.69 Å². The number of nitrogens with zero attached hydrogens (tertiary/aromatic N) is 4. The maximum absolute atomic E-state index is 13.5. The lowest BCUT2D eigenvalue weighted by molar-refractivity contribution is -0.145. The third kappa shape index (κ3) is 7.50. The summed E-state index contributed by atoms with van der Waals surface area (Å²) in [7, 11) is 1.77. The lowest BCUT2D eigenvalue weighted by atomic mass is 10.1. The summed E-state index contributed by atoms with van der Waals surface area (Å²) in [6.07, 6.45) is 1.52. The topological polar surface area (TPSA) is 123 Å². The predicted molar refractivity (Wildman–Crippen MR) is 157 cm³/mol. The number of rotatable bonds is 13. The van der Waals surface area contributed by atoms with Gasteiger partial charge in [-0.05, 0) is 55.3 Å². The fourth-order valence-electron chi connectivity index (χ4n) is 4.81. The van der Waals surface area contributed by atoms with Crippen LogP contribution in [0.15, 0.2) is 48.7 Å². The Morgan fingerprint density at radius 3 is 2.44 bits per heavy atom. The van der Waals surface area contributed by atoms with Crippen LogP contribution in [0.25, 0.3) is 11.4 Å². The largest absolute Gasteiger partial charge is 0.461 e. The summed E-state index contributed by atoms with van der Waals surface area (Å²) in [5.41, 5.74) is 5.02. The van der Waals surface area contributed by atoms with Crippen LogP contribution in [0.2, 0.25) is 0 Å². The van der Waals surface area contributed by atoms with Gasteiger partial charge in [-0.25, -0.2) is 14.8 Å². The number of fused-ring (bicyclic) bond motifs is 1. The molecule has 3 N–H and O–H groups in total. The van der Waals surface area contributed by atoms with E-state index in [0.29, 0.717) is 32.0 Å². The maximum atomic E-state index is 13.5. The number of benzene rings is 2. The normalized spacial score (nSPS) is 12.6. The van der Waals surface area contributed by atoms with Crippen molar-refractivity contribution in [2.45, 2.75) is 33.9 Å². The van der Waals surface area contributed by atoms with Crippen LogP contribution in [0.1, 0.15) is 41.0 Å². The lowest BCUT2D eigenvalue weighted by Crippen LogP contribution is -2.48. The van der Waals surface area contributed by atoms with Gasteiger partial charge in [-0.3, -0.25) is 14.6 Å². The quantitative estimate of drug-likeness (QED) is 0.215. The SMILES string of the molecule is CCNCCNC(=O)CN(CC(=O)N(C)N1Cc2ccccc2C1)c1ccc(-c2nc(C(=O)OCC)c[nH]2)cc1C. The molecule has 218 valence electrons. The molecule has 2 amide bonds. The van der Waals surface area contributed by atoms with E-state index in [1.165, 1.54) is 17.3 Å². The molecule has 2 heterocycles. The van der Waals surface area contributed by atoms with E-state index in [1.54, 1.807) is 23.9 Å². The zero-order chi connectivity index (χ0) is 29.4. The number of nitrogens with one attached hydrogen (secondary N) is 3. The Bertz CT molecular complexity index is 1350. The molecule has 0 unspecified atom stereocenters. The van der Waals surface area contributed by atoms with Gasteiger partial charge < -0.3 is 25.3 Å². The lowest BCUT2D eigenvalue weighted by Gasteiger charge is -2.32. The van der Waals surface area contributed by atoms with Gasteiger partial charge in [-0.1, -0.05) is 31.2 Å². The first kappa shape index (κ1) is 29.8. The minimum absolute atomic E-state index is 0.0257. The molecule has 0 saturated carbocycles. The molecule has 0 spiro atoms. The molecule has 0 fully saturated rings. The Hall–Kier alpha value is -4.22. The third-order valence-corrected chi connectivity index (χ3v) is 7.02. The van der Waals surface area contributed by atoms with E-state index in [-0.39, 0.29) is 37.2 Å². The number of ether oxygens (including phenoxy) is 1. The highest BCUT2D eigenvalue weighted by atomic mass is 16.5. The first-order valence-corrected chi connectivity index (χ1v) is 13.9. The zero-order valence-corrected chi connectivity index (χ0v) is 24.2. The molecule has 0 atom stereocenters. The van der Waals surface area contributed by atoms with Crippen molar-refractivity contribution in [3.8, 4) is 11.4 Å². The predicted octanol–water partition coefficient (Wildman–Crippen LogP) is 2.48. The van der Waals surface area contributed by atoms with Gasteiger partial charge in [0.1, 0.15) is 5.82 Å². The number of anilines is 1. The number of hydrogen-bond acceptors (Lipinski definition) is 8. The molecule has 4 rings (SSSR count). The highest BCUT2D eigenvalue weighted by Gasteiger charge is 2.27. The first-order valence-electron chi connectivity index (χ1n) is 13.9. The van der Waals surface area contributed by atoms with Crippen LogP contribution < -0.4 is 15.5 Å². The second-order valence-electron chi connectivity index (χ2n) is 9.92. The number of aryl methyl sites for hydroxylation is 1. The number of likely N-dealkylation sites (N-methyl/N-ethyl adjacent to an activating group) is 2. The molecular formula is C30H39N7O4. The summed E-state index contributed by atoms with van der Waals surface area (Å²) in [5.74, 6) is -0.245. The van der Waals surface area contributed by atoms with Gasteiger partial charge in [0.05, 0.1) is 19.7 Å². The van der Waals surface area contributed by atoms with Gasteiger partial charge in [0.15, 0.2) is 5.69 Å². The fourth-order valence-corrected chi connectivity index (χ4v) is 4.81. The summed E-state index contributed by atoms with van der Waals surface area (Å²) >= 11 is 0. The van der Waals surface area contributed by atoms with Gasteiger partial charge in [-0.15, -0.1) is 0 Å². The summed E-state index contributed by atoms with van der Waals surface area (Å²) in [6, 6.07) is 13.8. The number of H-pyrrole nitrogens is 1. The minimum atomic E-state index is -0.488. The van der Waals surface area contributed by atoms with Crippen molar-refractivity contribution in [1.82, 2.24) is 30.6 Å². The van der Waals surface area contributed by atoms with Crippen LogP contribution in [0.3, 0.4) is 0 Å². The van der Waals surface area contributed by atoms with Gasteiger partial charge in [0, 0.05) is 50.7 Å². The van der Waals surface area contributed by atoms with Crippen molar-refractivity contribution >= 4 is 23.5 Å². The Kier molecular flexibility index (Phi) is 10.1. The molecule has 1 aliphatic rings. The van der Waals surface area contributed by atoms with Crippen LogP contribution >= 0.6 is 0 Å². The van der Waals surface area contributed by atoms with Crippen molar-refractivity contribution in [2.75, 3.05) is 51.3 Å². The Labute approximate surface area is 240 Å². The molecule has 11 nitrogen and oxygen atoms in total. The molecule has 41 heavy (non-hydrogen) atoms. The Balaban J connectivity index is 1.51. The average molecular weight is 562 g/mol. The van der Waals surface area contributed by atoms with Crippen molar-refractivity contribution in [3.05, 3.63) is 71.0 Å². The number of aromatic amines is 1. The molecular weight excluding hydrogens is 522 g/mol. The summed E-state index contributed by atoms with van der Waals surface area (Å²) < 4.78 is 5.03. The second-order valence-corrected chi connectivity index (χ2v) is 9.92. The van der Waals surface area contributed by atoms with Gasteiger partial charge in [0.2, 0.25) is 5.91 Å². The molecule has 0 saturated heterocycles. The van der Waals surface area contributed by atoms with E-state index >= 15 is 0 Å². The number of imidazole rings is 1. The standard InChI is InChI=1S/C30H39N7O4/c1-5-31-13-14-32-27(38)19-36(20-28(39)35(4)37-17-23-9-7-8-10-24(23)18-37)26-12-11-22(15-21(26)3)29-33-16-25(34-29)30(40)41-6-2/h7-12,15-16,31H,5-6,13-14,17-20H2,1-4H3,(H,32,38)(H,33,34). The number of hydrogen-bond donors (Lipinski definition) is 3. The number of esters is 1. The monoisotopic (exact) mass is 561 g/mol. The van der Waals surface area contributed by atoms with Crippen LogP contribution in [0.5, 0.6) is 0 Å². The number of aromatic nitrogens is 2. The van der Waals surface area contributed by atoms with Gasteiger partial charge in [0.25, 0.3) is 5.91 Å². The molecule has 0 aliphatic carbocycles. The molecule has 2 aromatic carbocycles. The van der Waals surface area contributed by atoms with E-state index in [0.717, 1.165) is 23.4 Å². The smallest absolute Gasteiger partial charge is 0.358 e. The highest BCUT2D eigenvalue weighted by molar-refractivity contribution is 5.88. The summed E-state index contributed by atoms with van der Waals surface area (Å²) in [4.78, 5) is 47.6. The van der Waals surface area contributed by atoms with E-state index < -0.39 is 5.97 Å². The van der Waals surface area contributed by atoms with Crippen molar-refractivity contribution in [3.63, 3.8) is 0 Å². The van der Waals surface area contributed by atoms with Crippen LogP contribution in [-0.2, 0) is 27.4 Å². The Morgan fingerprint density at radius 2 is 1.78 bits per heavy atom. The molecule has 11 heteroatoms. The van der Waals surface area contributed by atoms with E-state index in [9.17, 15) is 14.4 Å². The fraction of sp³-hybridized carbons (Fsp3) is 0.400. The summed E-state index contributed by atoms with van der Waals surface area (Å²) in [6.45, 7) is 9.32. The van der Waals surface area contributed by atoms with E-state index in [4.69, 9.17) is 4.74 Å². The van der Waals surface area contributed by atoms with E-state index in [2.05, 4.69) is 32.7 Å². The van der Waals surface area contributed by atoms with Crippen molar-refractivity contribution in [1.29, 1.82) is 0 Å². The molecule has 1 aromatic heterocycles. The van der Waals surface area contributed by atoms with Crippen molar-refractivity contribution in [2.24, 2.45) is 0 Å². The maximum Gasteiger partial charge on any atom is 0.358 e.